The Labute approximate surface area is 76.2 Å². The van der Waals surface area contributed by atoms with E-state index in [1.165, 1.54) is 0 Å². The molecule has 2 N–H and O–H groups in total. The van der Waals surface area contributed by atoms with E-state index in [4.69, 9.17) is 10.3 Å². The summed E-state index contributed by atoms with van der Waals surface area (Å²) in [4.78, 5) is 0. The Balaban J connectivity index is 2.59. The molecule has 0 fully saturated rings. The van der Waals surface area contributed by atoms with Crippen molar-refractivity contribution in [2.45, 2.75) is 6.92 Å². The van der Waals surface area contributed by atoms with E-state index in [0.717, 1.165) is 22.6 Å². The van der Waals surface area contributed by atoms with Gasteiger partial charge in [0.15, 0.2) is 0 Å². The van der Waals surface area contributed by atoms with Gasteiger partial charge in [-0.15, -0.1) is 0 Å². The molecule has 0 bridgehead atoms. The number of rotatable bonds is 1. The molecule has 13 heavy (non-hydrogen) atoms. The highest BCUT2D eigenvalue weighted by atomic mass is 16.5. The van der Waals surface area contributed by atoms with E-state index < -0.39 is 0 Å². The molecule has 0 aliphatic carbocycles. The molecule has 1 heterocycles. The highest BCUT2D eigenvalue weighted by Crippen LogP contribution is 2.27. The fraction of sp³-hybridized carbons (Fsp3) is 0.100. The second-order valence-electron chi connectivity index (χ2n) is 2.88. The van der Waals surface area contributed by atoms with Crippen LogP contribution in [0, 0.1) is 6.92 Å². The SMILES string of the molecule is Cc1oncc1-c1ccccc1N. The minimum Gasteiger partial charge on any atom is -0.398 e. The van der Waals surface area contributed by atoms with E-state index in [1.54, 1.807) is 6.20 Å². The lowest BCUT2D eigenvalue weighted by Crippen LogP contribution is -1.88. The molecule has 66 valence electrons. The van der Waals surface area contributed by atoms with Gasteiger partial charge in [0.05, 0.1) is 6.20 Å². The minimum atomic E-state index is 0.744. The molecule has 0 aliphatic heterocycles. The van der Waals surface area contributed by atoms with Crippen molar-refractivity contribution in [3.63, 3.8) is 0 Å². The molecular formula is C10H10N2O. The molecule has 1 aromatic heterocycles. The summed E-state index contributed by atoms with van der Waals surface area (Å²) in [5, 5.41) is 3.71. The Morgan fingerprint density at radius 2 is 2.00 bits per heavy atom. The number of nitrogens with two attached hydrogens (primary N) is 1. The van der Waals surface area contributed by atoms with Crippen LogP contribution in [0.2, 0.25) is 0 Å². The van der Waals surface area contributed by atoms with Gasteiger partial charge in [0.1, 0.15) is 5.76 Å². The zero-order valence-corrected chi connectivity index (χ0v) is 7.32. The summed E-state index contributed by atoms with van der Waals surface area (Å²) in [6, 6.07) is 7.66. The average molecular weight is 174 g/mol. The van der Waals surface area contributed by atoms with Crippen LogP contribution in [0.15, 0.2) is 35.0 Å². The smallest absolute Gasteiger partial charge is 0.141 e. The van der Waals surface area contributed by atoms with Crippen LogP contribution in [0.4, 0.5) is 5.69 Å². The van der Waals surface area contributed by atoms with Gasteiger partial charge in [0, 0.05) is 16.8 Å². The second kappa shape index (κ2) is 2.94. The van der Waals surface area contributed by atoms with Gasteiger partial charge in [-0.05, 0) is 13.0 Å². The number of nitrogens with zero attached hydrogens (tertiary/aromatic N) is 1. The molecule has 0 saturated heterocycles. The summed E-state index contributed by atoms with van der Waals surface area (Å²) in [5.74, 6) is 0.790. The van der Waals surface area contributed by atoms with Crippen LogP contribution in [-0.2, 0) is 0 Å². The van der Waals surface area contributed by atoms with Gasteiger partial charge in [-0.2, -0.15) is 0 Å². The van der Waals surface area contributed by atoms with Crippen LogP contribution in [-0.4, -0.2) is 5.16 Å². The van der Waals surface area contributed by atoms with Gasteiger partial charge >= 0.3 is 0 Å². The molecule has 0 unspecified atom stereocenters. The molecule has 0 saturated carbocycles. The molecule has 3 nitrogen and oxygen atoms in total. The Morgan fingerprint density at radius 3 is 2.62 bits per heavy atom. The third-order valence-electron chi connectivity index (χ3n) is 2.00. The van der Waals surface area contributed by atoms with E-state index in [0.29, 0.717) is 0 Å². The molecular weight excluding hydrogens is 164 g/mol. The van der Waals surface area contributed by atoms with Crippen molar-refractivity contribution in [3.8, 4) is 11.1 Å². The quantitative estimate of drug-likeness (QED) is 0.674. The Hall–Kier alpha value is -1.77. The first kappa shape index (κ1) is 7.86. The third kappa shape index (κ3) is 1.28. The van der Waals surface area contributed by atoms with Crippen LogP contribution >= 0.6 is 0 Å². The number of hydrogen-bond acceptors (Lipinski definition) is 3. The molecule has 1 aromatic carbocycles. The fourth-order valence-corrected chi connectivity index (χ4v) is 1.30. The summed E-state index contributed by atoms with van der Waals surface area (Å²) in [6.07, 6.45) is 1.68. The van der Waals surface area contributed by atoms with Gasteiger partial charge in [0.25, 0.3) is 0 Å². The van der Waals surface area contributed by atoms with Crippen molar-refractivity contribution in [2.75, 3.05) is 5.73 Å². The molecule has 0 radical (unpaired) electrons. The van der Waals surface area contributed by atoms with Gasteiger partial charge in [-0.1, -0.05) is 23.4 Å². The first-order chi connectivity index (χ1) is 6.29. The standard InChI is InChI=1S/C10H10N2O/c1-7-9(6-12-13-7)8-4-2-3-5-10(8)11/h2-6H,11H2,1H3. The fourth-order valence-electron chi connectivity index (χ4n) is 1.30. The van der Waals surface area contributed by atoms with Crippen molar-refractivity contribution in [3.05, 3.63) is 36.2 Å². The van der Waals surface area contributed by atoms with Crippen molar-refractivity contribution >= 4 is 5.69 Å². The topological polar surface area (TPSA) is 52.0 Å². The number of aryl methyl sites for hydroxylation is 1. The largest absolute Gasteiger partial charge is 0.398 e. The Bertz CT molecular complexity index is 420. The number of hydrogen-bond donors (Lipinski definition) is 1. The normalized spacial score (nSPS) is 10.2. The van der Waals surface area contributed by atoms with Crippen molar-refractivity contribution in [1.82, 2.24) is 5.16 Å². The molecule has 2 rings (SSSR count). The van der Waals surface area contributed by atoms with Crippen LogP contribution in [0.25, 0.3) is 11.1 Å². The number of benzene rings is 1. The summed E-state index contributed by atoms with van der Waals surface area (Å²) < 4.78 is 4.97. The van der Waals surface area contributed by atoms with E-state index in [9.17, 15) is 0 Å². The summed E-state index contributed by atoms with van der Waals surface area (Å²) in [7, 11) is 0. The predicted octanol–water partition coefficient (Wildman–Crippen LogP) is 2.23. The van der Waals surface area contributed by atoms with Crippen LogP contribution in [0.1, 0.15) is 5.76 Å². The molecule has 3 heteroatoms. The average Bonchev–Trinajstić information content (AvgIpc) is 2.52. The van der Waals surface area contributed by atoms with Gasteiger partial charge in [0.2, 0.25) is 0 Å². The summed E-state index contributed by atoms with van der Waals surface area (Å²) in [5.41, 5.74) is 8.49. The maximum atomic E-state index is 5.81. The highest BCUT2D eigenvalue weighted by Gasteiger charge is 2.07. The van der Waals surface area contributed by atoms with E-state index >= 15 is 0 Å². The zero-order chi connectivity index (χ0) is 9.26. The molecule has 0 amide bonds. The third-order valence-corrected chi connectivity index (χ3v) is 2.00. The van der Waals surface area contributed by atoms with E-state index in [2.05, 4.69) is 5.16 Å². The first-order valence-electron chi connectivity index (χ1n) is 4.05. The highest BCUT2D eigenvalue weighted by molar-refractivity contribution is 5.76. The summed E-state index contributed by atoms with van der Waals surface area (Å²) >= 11 is 0. The van der Waals surface area contributed by atoms with Crippen LogP contribution in [0.3, 0.4) is 0 Å². The van der Waals surface area contributed by atoms with Gasteiger partial charge < -0.3 is 10.3 Å². The van der Waals surface area contributed by atoms with Crippen LogP contribution in [0.5, 0.6) is 0 Å². The Kier molecular flexibility index (Phi) is 1.77. The van der Waals surface area contributed by atoms with E-state index in [-0.39, 0.29) is 0 Å². The maximum absolute atomic E-state index is 5.81. The predicted molar refractivity (Wildman–Crippen MR) is 51.1 cm³/mol. The van der Waals surface area contributed by atoms with Crippen molar-refractivity contribution in [1.29, 1.82) is 0 Å². The molecule has 0 atom stereocenters. The zero-order valence-electron chi connectivity index (χ0n) is 7.32. The maximum Gasteiger partial charge on any atom is 0.141 e. The summed E-state index contributed by atoms with van der Waals surface area (Å²) in [6.45, 7) is 1.87. The molecule has 0 spiro atoms. The number of aromatic nitrogens is 1. The van der Waals surface area contributed by atoms with Gasteiger partial charge in [-0.25, -0.2) is 0 Å². The monoisotopic (exact) mass is 174 g/mol. The molecule has 2 aromatic rings. The number of para-hydroxylation sites is 1. The van der Waals surface area contributed by atoms with E-state index in [1.807, 2.05) is 31.2 Å². The number of anilines is 1. The van der Waals surface area contributed by atoms with Crippen molar-refractivity contribution in [2.24, 2.45) is 0 Å². The first-order valence-corrected chi connectivity index (χ1v) is 4.05. The lowest BCUT2D eigenvalue weighted by atomic mass is 10.1. The van der Waals surface area contributed by atoms with Crippen LogP contribution < -0.4 is 5.73 Å². The van der Waals surface area contributed by atoms with Crippen molar-refractivity contribution < 1.29 is 4.52 Å². The van der Waals surface area contributed by atoms with Gasteiger partial charge in [-0.3, -0.25) is 0 Å². The second-order valence-corrected chi connectivity index (χ2v) is 2.88. The minimum absolute atomic E-state index is 0.744. The molecule has 0 aliphatic rings. The Morgan fingerprint density at radius 1 is 1.23 bits per heavy atom. The number of nitrogen functional groups attached to an aromatic ring is 1. The lowest BCUT2D eigenvalue weighted by Gasteiger charge is -2.01. The lowest BCUT2D eigenvalue weighted by molar-refractivity contribution is 0.398.